The molecule has 0 spiro atoms. The summed E-state index contributed by atoms with van der Waals surface area (Å²) in [5.41, 5.74) is 1.83. The van der Waals surface area contributed by atoms with Gasteiger partial charge in [-0.05, 0) is 24.6 Å². The van der Waals surface area contributed by atoms with Gasteiger partial charge in [0.2, 0.25) is 0 Å². The SMILES string of the molecule is COCc1cc([C@H](C)O)ccc1OC. The van der Waals surface area contributed by atoms with Gasteiger partial charge in [-0.25, -0.2) is 0 Å². The minimum absolute atomic E-state index is 0.462. The maximum atomic E-state index is 9.40. The van der Waals surface area contributed by atoms with Crippen LogP contribution >= 0.6 is 0 Å². The van der Waals surface area contributed by atoms with Gasteiger partial charge < -0.3 is 14.6 Å². The molecule has 0 aromatic heterocycles. The van der Waals surface area contributed by atoms with Crippen LogP contribution in [0.5, 0.6) is 5.75 Å². The summed E-state index contributed by atoms with van der Waals surface area (Å²) < 4.78 is 10.2. The minimum Gasteiger partial charge on any atom is -0.496 e. The molecule has 0 heterocycles. The first-order chi connectivity index (χ1) is 6.69. The lowest BCUT2D eigenvalue weighted by atomic mass is 10.1. The highest BCUT2D eigenvalue weighted by Gasteiger charge is 2.06. The third kappa shape index (κ3) is 2.47. The molecular weight excluding hydrogens is 180 g/mol. The molecule has 0 fully saturated rings. The third-order valence-corrected chi connectivity index (χ3v) is 2.09. The second-order valence-corrected chi connectivity index (χ2v) is 3.18. The standard InChI is InChI=1S/C11H16O3/c1-8(12)9-4-5-11(14-3)10(6-9)7-13-2/h4-6,8,12H,7H2,1-3H3/t8-/m0/s1. The zero-order valence-corrected chi connectivity index (χ0v) is 8.78. The lowest BCUT2D eigenvalue weighted by Gasteiger charge is -2.11. The molecule has 0 aliphatic rings. The van der Waals surface area contributed by atoms with Gasteiger partial charge >= 0.3 is 0 Å². The fourth-order valence-corrected chi connectivity index (χ4v) is 1.33. The molecule has 1 atom stereocenters. The monoisotopic (exact) mass is 196 g/mol. The van der Waals surface area contributed by atoms with Gasteiger partial charge in [0.1, 0.15) is 5.75 Å². The maximum Gasteiger partial charge on any atom is 0.124 e. The topological polar surface area (TPSA) is 38.7 Å². The van der Waals surface area contributed by atoms with E-state index in [0.717, 1.165) is 16.9 Å². The Morgan fingerprint density at radius 3 is 2.57 bits per heavy atom. The van der Waals surface area contributed by atoms with Crippen molar-refractivity contribution in [2.45, 2.75) is 19.6 Å². The van der Waals surface area contributed by atoms with Crippen LogP contribution in [-0.4, -0.2) is 19.3 Å². The van der Waals surface area contributed by atoms with Crippen molar-refractivity contribution in [2.75, 3.05) is 14.2 Å². The predicted molar refractivity (Wildman–Crippen MR) is 54.3 cm³/mol. The van der Waals surface area contributed by atoms with Crippen LogP contribution in [0.3, 0.4) is 0 Å². The number of rotatable bonds is 4. The van der Waals surface area contributed by atoms with E-state index in [2.05, 4.69) is 0 Å². The van der Waals surface area contributed by atoms with Crippen molar-refractivity contribution in [3.05, 3.63) is 29.3 Å². The van der Waals surface area contributed by atoms with Crippen LogP contribution < -0.4 is 4.74 Å². The normalized spacial score (nSPS) is 12.6. The van der Waals surface area contributed by atoms with E-state index in [1.54, 1.807) is 21.1 Å². The summed E-state index contributed by atoms with van der Waals surface area (Å²) in [7, 11) is 3.25. The van der Waals surface area contributed by atoms with Crippen molar-refractivity contribution < 1.29 is 14.6 Å². The Hall–Kier alpha value is -1.06. The summed E-state index contributed by atoms with van der Waals surface area (Å²) in [5.74, 6) is 0.788. The van der Waals surface area contributed by atoms with Crippen LogP contribution in [0, 0.1) is 0 Å². The van der Waals surface area contributed by atoms with Crippen molar-refractivity contribution in [3.63, 3.8) is 0 Å². The molecule has 1 N–H and O–H groups in total. The van der Waals surface area contributed by atoms with E-state index >= 15 is 0 Å². The van der Waals surface area contributed by atoms with Gasteiger partial charge in [-0.3, -0.25) is 0 Å². The molecule has 0 aliphatic carbocycles. The maximum absolute atomic E-state index is 9.40. The third-order valence-electron chi connectivity index (χ3n) is 2.09. The molecule has 0 saturated carbocycles. The van der Waals surface area contributed by atoms with Crippen LogP contribution in [0.2, 0.25) is 0 Å². The highest BCUT2D eigenvalue weighted by Crippen LogP contribution is 2.23. The lowest BCUT2D eigenvalue weighted by Crippen LogP contribution is -1.98. The Bertz CT molecular complexity index is 295. The lowest BCUT2D eigenvalue weighted by molar-refractivity contribution is 0.179. The Morgan fingerprint density at radius 1 is 1.36 bits per heavy atom. The van der Waals surface area contributed by atoms with E-state index in [1.165, 1.54) is 0 Å². The number of aliphatic hydroxyl groups excluding tert-OH is 1. The highest BCUT2D eigenvalue weighted by molar-refractivity contribution is 5.37. The van der Waals surface area contributed by atoms with Crippen molar-refractivity contribution in [3.8, 4) is 5.75 Å². The molecule has 0 amide bonds. The fourth-order valence-electron chi connectivity index (χ4n) is 1.33. The molecule has 0 radical (unpaired) electrons. The molecule has 1 aromatic rings. The Balaban J connectivity index is 3.01. The van der Waals surface area contributed by atoms with E-state index in [-0.39, 0.29) is 0 Å². The second kappa shape index (κ2) is 4.98. The summed E-state index contributed by atoms with van der Waals surface area (Å²) in [6.45, 7) is 2.22. The molecule has 0 aliphatic heterocycles. The first-order valence-corrected chi connectivity index (χ1v) is 4.53. The van der Waals surface area contributed by atoms with Crippen LogP contribution in [0.25, 0.3) is 0 Å². The molecule has 3 nitrogen and oxygen atoms in total. The summed E-state index contributed by atoms with van der Waals surface area (Å²) >= 11 is 0. The molecule has 3 heteroatoms. The van der Waals surface area contributed by atoms with Gasteiger partial charge in [0.05, 0.1) is 19.8 Å². The average molecular weight is 196 g/mol. The van der Waals surface area contributed by atoms with E-state index in [4.69, 9.17) is 9.47 Å². The molecule has 0 unspecified atom stereocenters. The summed E-state index contributed by atoms with van der Waals surface area (Å²) in [6.07, 6.45) is -0.462. The average Bonchev–Trinajstić information content (AvgIpc) is 2.18. The van der Waals surface area contributed by atoms with E-state index in [9.17, 15) is 5.11 Å². The number of methoxy groups -OCH3 is 2. The summed E-state index contributed by atoms with van der Waals surface area (Å²) in [4.78, 5) is 0. The first-order valence-electron chi connectivity index (χ1n) is 4.53. The van der Waals surface area contributed by atoms with E-state index in [0.29, 0.717) is 6.61 Å². The van der Waals surface area contributed by atoms with Crippen LogP contribution in [-0.2, 0) is 11.3 Å². The quantitative estimate of drug-likeness (QED) is 0.799. The zero-order chi connectivity index (χ0) is 10.6. The van der Waals surface area contributed by atoms with Crippen molar-refractivity contribution >= 4 is 0 Å². The van der Waals surface area contributed by atoms with Crippen molar-refractivity contribution in [1.29, 1.82) is 0 Å². The predicted octanol–water partition coefficient (Wildman–Crippen LogP) is 1.89. The number of hydrogen-bond donors (Lipinski definition) is 1. The minimum atomic E-state index is -0.462. The van der Waals surface area contributed by atoms with Gasteiger partial charge in [-0.1, -0.05) is 6.07 Å². The molecule has 14 heavy (non-hydrogen) atoms. The molecule has 78 valence electrons. The smallest absolute Gasteiger partial charge is 0.124 e. The van der Waals surface area contributed by atoms with Crippen molar-refractivity contribution in [1.82, 2.24) is 0 Å². The summed E-state index contributed by atoms with van der Waals surface area (Å²) in [5, 5.41) is 9.40. The van der Waals surface area contributed by atoms with E-state index < -0.39 is 6.10 Å². The fraction of sp³-hybridized carbons (Fsp3) is 0.455. The molecule has 1 rings (SSSR count). The zero-order valence-electron chi connectivity index (χ0n) is 8.78. The molecular formula is C11H16O3. The Labute approximate surface area is 84.3 Å². The van der Waals surface area contributed by atoms with Crippen molar-refractivity contribution in [2.24, 2.45) is 0 Å². The van der Waals surface area contributed by atoms with Crippen LogP contribution in [0.15, 0.2) is 18.2 Å². The molecule has 0 saturated heterocycles. The number of hydrogen-bond acceptors (Lipinski definition) is 3. The van der Waals surface area contributed by atoms with Gasteiger partial charge in [-0.15, -0.1) is 0 Å². The number of benzene rings is 1. The van der Waals surface area contributed by atoms with Crippen LogP contribution in [0.4, 0.5) is 0 Å². The van der Waals surface area contributed by atoms with Gasteiger partial charge in [0.25, 0.3) is 0 Å². The first kappa shape index (κ1) is 11.0. The molecule has 0 bridgehead atoms. The number of ether oxygens (including phenoxy) is 2. The van der Waals surface area contributed by atoms with Gasteiger partial charge in [-0.2, -0.15) is 0 Å². The van der Waals surface area contributed by atoms with Crippen LogP contribution in [0.1, 0.15) is 24.2 Å². The Morgan fingerprint density at radius 2 is 2.07 bits per heavy atom. The van der Waals surface area contributed by atoms with Gasteiger partial charge in [0.15, 0.2) is 0 Å². The largest absolute Gasteiger partial charge is 0.496 e. The van der Waals surface area contributed by atoms with Gasteiger partial charge in [0, 0.05) is 12.7 Å². The second-order valence-electron chi connectivity index (χ2n) is 3.18. The van der Waals surface area contributed by atoms with E-state index in [1.807, 2.05) is 18.2 Å². The Kier molecular flexibility index (Phi) is 3.92. The highest BCUT2D eigenvalue weighted by atomic mass is 16.5. The number of aliphatic hydroxyl groups is 1. The molecule has 1 aromatic carbocycles. The summed E-state index contributed by atoms with van der Waals surface area (Å²) in [6, 6.07) is 5.59.